The molecule has 0 atom stereocenters. The van der Waals surface area contributed by atoms with Crippen LogP contribution in [0.5, 0.6) is 0 Å². The third-order valence-electron chi connectivity index (χ3n) is 2.53. The highest BCUT2D eigenvalue weighted by atomic mass is 16.5. The molecule has 0 unspecified atom stereocenters. The number of rotatable bonds is 3. The third-order valence-corrected chi connectivity index (χ3v) is 2.53. The maximum atomic E-state index is 10.1. The van der Waals surface area contributed by atoms with Gasteiger partial charge in [0.15, 0.2) is 0 Å². The van der Waals surface area contributed by atoms with Crippen molar-refractivity contribution in [1.29, 1.82) is 0 Å². The molecule has 0 amide bonds. The summed E-state index contributed by atoms with van der Waals surface area (Å²) in [5.74, 6) is 0. The topological polar surface area (TPSA) is 41.5 Å². The Kier molecular flexibility index (Phi) is 3.93. The molecule has 2 N–H and O–H groups in total. The van der Waals surface area contributed by atoms with Crippen LogP contribution in [0.2, 0.25) is 0 Å². The fraction of sp³-hybridized carbons (Fsp3) is 1.00. The van der Waals surface area contributed by atoms with E-state index in [0.717, 1.165) is 19.4 Å². The predicted octanol–water partition coefficient (Wildman–Crippen LogP) is 1.16. The summed E-state index contributed by atoms with van der Waals surface area (Å²) in [5, 5.41) is 13.5. The Morgan fingerprint density at radius 3 is 2.36 bits per heavy atom. The molecule has 1 rings (SSSR count). The van der Waals surface area contributed by atoms with Crippen LogP contribution in [0, 0.1) is 5.41 Å². The summed E-state index contributed by atoms with van der Waals surface area (Å²) >= 11 is 0. The van der Waals surface area contributed by atoms with Gasteiger partial charge in [-0.2, -0.15) is 0 Å². The van der Waals surface area contributed by atoms with Gasteiger partial charge in [0.1, 0.15) is 0 Å². The van der Waals surface area contributed by atoms with Gasteiger partial charge in [0, 0.05) is 39.1 Å². The largest absolute Gasteiger partial charge is 0.388 e. The van der Waals surface area contributed by atoms with Gasteiger partial charge in [-0.25, -0.2) is 0 Å². The monoisotopic (exact) mass is 201 g/mol. The number of hydrogen-bond acceptors (Lipinski definition) is 3. The zero-order valence-electron chi connectivity index (χ0n) is 9.60. The smallest absolute Gasteiger partial charge is 0.0815 e. The fourth-order valence-corrected chi connectivity index (χ4v) is 1.60. The minimum Gasteiger partial charge on any atom is -0.388 e. The zero-order valence-corrected chi connectivity index (χ0v) is 9.60. The van der Waals surface area contributed by atoms with Crippen molar-refractivity contribution in [3.05, 3.63) is 0 Å². The van der Waals surface area contributed by atoms with Crippen LogP contribution < -0.4 is 5.32 Å². The van der Waals surface area contributed by atoms with Gasteiger partial charge in [0.25, 0.3) is 0 Å². The number of ether oxygens (including phenoxy) is 1. The molecule has 3 nitrogen and oxygen atoms in total. The minimum absolute atomic E-state index is 0.279. The molecule has 1 aliphatic rings. The lowest BCUT2D eigenvalue weighted by Gasteiger charge is -2.33. The summed E-state index contributed by atoms with van der Waals surface area (Å²) in [6.45, 7) is 9.57. The highest BCUT2D eigenvalue weighted by Crippen LogP contribution is 2.20. The van der Waals surface area contributed by atoms with Gasteiger partial charge in [-0.15, -0.1) is 0 Å². The van der Waals surface area contributed by atoms with Crippen LogP contribution in [0.3, 0.4) is 0 Å². The van der Waals surface area contributed by atoms with Gasteiger partial charge < -0.3 is 15.2 Å². The van der Waals surface area contributed by atoms with Crippen LogP contribution in [0.25, 0.3) is 0 Å². The van der Waals surface area contributed by atoms with Crippen molar-refractivity contribution in [1.82, 2.24) is 5.32 Å². The summed E-state index contributed by atoms with van der Waals surface area (Å²) in [6.07, 6.45) is 1.51. The Morgan fingerprint density at radius 2 is 1.86 bits per heavy atom. The van der Waals surface area contributed by atoms with E-state index in [-0.39, 0.29) is 5.41 Å². The first-order valence-electron chi connectivity index (χ1n) is 5.42. The average Bonchev–Trinajstić information content (AvgIpc) is 2.02. The SMILES string of the molecule is CC(C)(C)CNCC1(O)CCOCC1. The molecule has 0 aromatic heterocycles. The van der Waals surface area contributed by atoms with Gasteiger partial charge in [0.05, 0.1) is 5.60 Å². The molecular formula is C11H23NO2. The van der Waals surface area contributed by atoms with Gasteiger partial charge >= 0.3 is 0 Å². The molecule has 0 aromatic carbocycles. The molecule has 0 aliphatic carbocycles. The summed E-state index contributed by atoms with van der Waals surface area (Å²) in [4.78, 5) is 0. The number of nitrogens with one attached hydrogen (secondary N) is 1. The van der Waals surface area contributed by atoms with Crippen molar-refractivity contribution in [3.8, 4) is 0 Å². The molecule has 0 radical (unpaired) electrons. The fourth-order valence-electron chi connectivity index (χ4n) is 1.60. The maximum Gasteiger partial charge on any atom is 0.0815 e. The normalized spacial score (nSPS) is 22.3. The molecule has 1 heterocycles. The van der Waals surface area contributed by atoms with E-state index in [2.05, 4.69) is 26.1 Å². The van der Waals surface area contributed by atoms with Crippen LogP contribution in [-0.2, 0) is 4.74 Å². The Balaban J connectivity index is 2.22. The Hall–Kier alpha value is -0.120. The van der Waals surface area contributed by atoms with E-state index in [1.807, 2.05) is 0 Å². The van der Waals surface area contributed by atoms with Crippen molar-refractivity contribution in [2.24, 2.45) is 5.41 Å². The second kappa shape index (κ2) is 4.60. The highest BCUT2D eigenvalue weighted by Gasteiger charge is 2.29. The Labute approximate surface area is 86.8 Å². The van der Waals surface area contributed by atoms with Gasteiger partial charge in [-0.1, -0.05) is 20.8 Å². The zero-order chi connectivity index (χ0) is 10.7. The van der Waals surface area contributed by atoms with Crippen LogP contribution in [-0.4, -0.2) is 37.0 Å². The molecule has 14 heavy (non-hydrogen) atoms. The van der Waals surface area contributed by atoms with Crippen LogP contribution in [0.1, 0.15) is 33.6 Å². The van der Waals surface area contributed by atoms with Crippen molar-refractivity contribution in [2.45, 2.75) is 39.2 Å². The maximum absolute atomic E-state index is 10.1. The van der Waals surface area contributed by atoms with Crippen LogP contribution >= 0.6 is 0 Å². The summed E-state index contributed by atoms with van der Waals surface area (Å²) in [6, 6.07) is 0. The van der Waals surface area contributed by atoms with Crippen molar-refractivity contribution >= 4 is 0 Å². The van der Waals surface area contributed by atoms with Crippen LogP contribution in [0.15, 0.2) is 0 Å². The summed E-state index contributed by atoms with van der Waals surface area (Å²) in [5.41, 5.74) is -0.259. The third kappa shape index (κ3) is 4.40. The van der Waals surface area contributed by atoms with Crippen molar-refractivity contribution in [2.75, 3.05) is 26.3 Å². The lowest BCUT2D eigenvalue weighted by molar-refractivity contribution is -0.0621. The summed E-state index contributed by atoms with van der Waals surface area (Å²) < 4.78 is 5.22. The van der Waals surface area contributed by atoms with Crippen LogP contribution in [0.4, 0.5) is 0 Å². The molecule has 0 bridgehead atoms. The number of hydrogen-bond donors (Lipinski definition) is 2. The first-order valence-corrected chi connectivity index (χ1v) is 5.42. The van der Waals surface area contributed by atoms with E-state index in [9.17, 15) is 5.11 Å². The standard InChI is InChI=1S/C11H23NO2/c1-10(2,3)8-12-9-11(13)4-6-14-7-5-11/h12-13H,4-9H2,1-3H3. The van der Waals surface area contributed by atoms with E-state index in [1.54, 1.807) is 0 Å². The Bertz CT molecular complexity index is 169. The Morgan fingerprint density at radius 1 is 1.29 bits per heavy atom. The highest BCUT2D eigenvalue weighted by molar-refractivity contribution is 4.84. The van der Waals surface area contributed by atoms with E-state index in [4.69, 9.17) is 4.74 Å². The summed E-state index contributed by atoms with van der Waals surface area (Å²) in [7, 11) is 0. The molecule has 84 valence electrons. The van der Waals surface area contributed by atoms with Gasteiger partial charge in [-0.05, 0) is 5.41 Å². The second-order valence-corrected chi connectivity index (χ2v) is 5.50. The lowest BCUT2D eigenvalue weighted by atomic mass is 9.92. The van der Waals surface area contributed by atoms with E-state index >= 15 is 0 Å². The average molecular weight is 201 g/mol. The lowest BCUT2D eigenvalue weighted by Crippen LogP contribution is -2.46. The molecule has 0 spiro atoms. The van der Waals surface area contributed by atoms with E-state index < -0.39 is 5.60 Å². The first kappa shape index (κ1) is 12.0. The quantitative estimate of drug-likeness (QED) is 0.720. The molecule has 1 aliphatic heterocycles. The molecule has 1 fully saturated rings. The molecule has 0 saturated carbocycles. The molecular weight excluding hydrogens is 178 g/mol. The van der Waals surface area contributed by atoms with Crippen molar-refractivity contribution in [3.63, 3.8) is 0 Å². The predicted molar refractivity (Wildman–Crippen MR) is 57.3 cm³/mol. The minimum atomic E-state index is -0.538. The first-order chi connectivity index (χ1) is 6.41. The van der Waals surface area contributed by atoms with Gasteiger partial charge in [-0.3, -0.25) is 0 Å². The van der Waals surface area contributed by atoms with Gasteiger partial charge in [0.2, 0.25) is 0 Å². The number of aliphatic hydroxyl groups is 1. The molecule has 3 heteroatoms. The molecule has 1 saturated heterocycles. The van der Waals surface area contributed by atoms with E-state index in [1.165, 1.54) is 0 Å². The molecule has 0 aromatic rings. The second-order valence-electron chi connectivity index (χ2n) is 5.50. The van der Waals surface area contributed by atoms with E-state index in [0.29, 0.717) is 19.8 Å². The van der Waals surface area contributed by atoms with Crippen molar-refractivity contribution < 1.29 is 9.84 Å².